The molecule has 2 amide bonds. The summed E-state index contributed by atoms with van der Waals surface area (Å²) in [5, 5.41) is 8.44. The second-order valence-electron chi connectivity index (χ2n) is 7.47. The number of benzene rings is 1. The summed E-state index contributed by atoms with van der Waals surface area (Å²) in [7, 11) is 0. The van der Waals surface area contributed by atoms with Crippen LogP contribution >= 0.6 is 11.5 Å². The van der Waals surface area contributed by atoms with Crippen molar-refractivity contribution in [3.05, 3.63) is 76.8 Å². The van der Waals surface area contributed by atoms with Crippen LogP contribution in [0.15, 0.2) is 54.2 Å². The van der Waals surface area contributed by atoms with E-state index in [4.69, 9.17) is 0 Å². The summed E-state index contributed by atoms with van der Waals surface area (Å²) in [4.78, 5) is 32.6. The third-order valence-corrected chi connectivity index (χ3v) is 5.94. The zero-order valence-electron chi connectivity index (χ0n) is 16.8. The number of carbonyl (C=O) groups is 2. The van der Waals surface area contributed by atoms with Crippen molar-refractivity contribution in [2.24, 2.45) is 0 Å². The molecule has 0 radical (unpaired) electrons. The standard InChI is InChI=1S/C22H22FN5O2S/c23-17-9-7-15(8-10-17)12-25-21(29)20(16-4-3-11-24-13-16)28(18-5-1-2-6-18)22(30)19-14-31-27-26-19/h3-4,7-11,13-14,18,20H,1-2,5-6,12H2,(H,25,29). The van der Waals surface area contributed by atoms with Crippen LogP contribution in [-0.4, -0.2) is 37.3 Å². The molecule has 1 N–H and O–H groups in total. The van der Waals surface area contributed by atoms with Crippen LogP contribution < -0.4 is 5.32 Å². The minimum Gasteiger partial charge on any atom is -0.350 e. The van der Waals surface area contributed by atoms with Crippen LogP contribution in [0.2, 0.25) is 0 Å². The molecule has 1 unspecified atom stereocenters. The SMILES string of the molecule is O=C(NCc1ccc(F)cc1)C(c1cccnc1)N(C(=O)c1csnn1)C1CCCC1. The van der Waals surface area contributed by atoms with Crippen molar-refractivity contribution in [3.63, 3.8) is 0 Å². The van der Waals surface area contributed by atoms with Crippen LogP contribution in [0.3, 0.4) is 0 Å². The molecular weight excluding hydrogens is 417 g/mol. The molecule has 1 atom stereocenters. The fraction of sp³-hybridized carbons (Fsp3) is 0.318. The lowest BCUT2D eigenvalue weighted by Crippen LogP contribution is -2.48. The van der Waals surface area contributed by atoms with E-state index in [-0.39, 0.29) is 35.9 Å². The molecule has 7 nitrogen and oxygen atoms in total. The Morgan fingerprint density at radius 1 is 1.19 bits per heavy atom. The van der Waals surface area contributed by atoms with Gasteiger partial charge in [-0.05, 0) is 48.1 Å². The molecule has 2 aromatic heterocycles. The van der Waals surface area contributed by atoms with Gasteiger partial charge in [0.05, 0.1) is 0 Å². The fourth-order valence-corrected chi connectivity index (χ4v) is 4.36. The molecule has 160 valence electrons. The minimum absolute atomic E-state index is 0.0732. The number of rotatable bonds is 7. The number of amides is 2. The Balaban J connectivity index is 1.65. The molecule has 1 saturated carbocycles. The van der Waals surface area contributed by atoms with E-state index in [1.807, 2.05) is 0 Å². The predicted molar refractivity (Wildman–Crippen MR) is 114 cm³/mol. The van der Waals surface area contributed by atoms with Gasteiger partial charge in [-0.1, -0.05) is 35.5 Å². The van der Waals surface area contributed by atoms with E-state index >= 15 is 0 Å². The summed E-state index contributed by atoms with van der Waals surface area (Å²) in [6.45, 7) is 0.223. The molecule has 0 spiro atoms. The normalized spacial score (nSPS) is 14.9. The van der Waals surface area contributed by atoms with E-state index in [9.17, 15) is 14.0 Å². The zero-order valence-corrected chi connectivity index (χ0v) is 17.6. The second-order valence-corrected chi connectivity index (χ2v) is 8.08. The van der Waals surface area contributed by atoms with E-state index in [2.05, 4.69) is 19.9 Å². The highest BCUT2D eigenvalue weighted by Gasteiger charge is 2.38. The second kappa shape index (κ2) is 9.74. The summed E-state index contributed by atoms with van der Waals surface area (Å²) in [5.41, 5.74) is 1.63. The molecule has 4 rings (SSSR count). The highest BCUT2D eigenvalue weighted by Crippen LogP contribution is 2.32. The molecule has 1 aliphatic carbocycles. The van der Waals surface area contributed by atoms with Gasteiger partial charge in [-0.2, -0.15) is 0 Å². The van der Waals surface area contributed by atoms with Gasteiger partial charge in [-0.25, -0.2) is 4.39 Å². The lowest BCUT2D eigenvalue weighted by Gasteiger charge is -2.35. The molecule has 1 aliphatic rings. The quantitative estimate of drug-likeness (QED) is 0.609. The van der Waals surface area contributed by atoms with Crippen molar-refractivity contribution in [3.8, 4) is 0 Å². The number of pyridine rings is 1. The number of hydrogen-bond donors (Lipinski definition) is 1. The van der Waals surface area contributed by atoms with Crippen molar-refractivity contribution in [1.29, 1.82) is 0 Å². The van der Waals surface area contributed by atoms with E-state index in [0.29, 0.717) is 5.56 Å². The Morgan fingerprint density at radius 3 is 2.61 bits per heavy atom. The maximum Gasteiger partial charge on any atom is 0.276 e. The number of aromatic nitrogens is 3. The van der Waals surface area contributed by atoms with Gasteiger partial charge in [0.15, 0.2) is 5.69 Å². The Hall–Kier alpha value is -3.20. The Bertz CT molecular complexity index is 1010. The van der Waals surface area contributed by atoms with Gasteiger partial charge < -0.3 is 10.2 Å². The number of nitrogens with one attached hydrogen (secondary N) is 1. The summed E-state index contributed by atoms with van der Waals surface area (Å²) < 4.78 is 17.0. The maximum absolute atomic E-state index is 13.4. The van der Waals surface area contributed by atoms with Crippen molar-refractivity contribution in [1.82, 2.24) is 24.8 Å². The molecule has 0 aliphatic heterocycles. The fourth-order valence-electron chi connectivity index (χ4n) is 3.93. The van der Waals surface area contributed by atoms with Crippen LogP contribution in [0, 0.1) is 5.82 Å². The Labute approximate surface area is 183 Å². The number of nitrogens with zero attached hydrogens (tertiary/aromatic N) is 4. The highest BCUT2D eigenvalue weighted by atomic mass is 32.1. The summed E-state index contributed by atoms with van der Waals surface area (Å²) in [6.07, 6.45) is 6.89. The largest absolute Gasteiger partial charge is 0.350 e. The van der Waals surface area contributed by atoms with Crippen LogP contribution in [-0.2, 0) is 11.3 Å². The first-order chi connectivity index (χ1) is 15.1. The first kappa shape index (κ1) is 21.0. The van der Waals surface area contributed by atoms with Gasteiger partial charge in [-0.15, -0.1) is 5.10 Å². The van der Waals surface area contributed by atoms with E-state index in [1.54, 1.807) is 46.9 Å². The number of carbonyl (C=O) groups excluding carboxylic acids is 2. The van der Waals surface area contributed by atoms with Gasteiger partial charge in [0.2, 0.25) is 5.91 Å². The molecule has 1 fully saturated rings. The average molecular weight is 440 g/mol. The molecule has 31 heavy (non-hydrogen) atoms. The Morgan fingerprint density at radius 2 is 1.97 bits per heavy atom. The van der Waals surface area contributed by atoms with Gasteiger partial charge in [0, 0.05) is 35.9 Å². The van der Waals surface area contributed by atoms with Crippen molar-refractivity contribution in [2.75, 3.05) is 0 Å². The third kappa shape index (κ3) is 4.93. The first-order valence-corrected chi connectivity index (χ1v) is 11.0. The van der Waals surface area contributed by atoms with Gasteiger partial charge >= 0.3 is 0 Å². The van der Waals surface area contributed by atoms with Gasteiger partial charge in [-0.3, -0.25) is 14.6 Å². The van der Waals surface area contributed by atoms with Crippen LogP contribution in [0.1, 0.15) is 53.3 Å². The average Bonchev–Trinajstić information content (AvgIpc) is 3.51. The van der Waals surface area contributed by atoms with Gasteiger partial charge in [0.25, 0.3) is 5.91 Å². The summed E-state index contributed by atoms with van der Waals surface area (Å²) in [6, 6.07) is 8.56. The lowest BCUT2D eigenvalue weighted by molar-refractivity contribution is -0.126. The predicted octanol–water partition coefficient (Wildman–Crippen LogP) is 3.51. The van der Waals surface area contributed by atoms with Crippen molar-refractivity contribution >= 4 is 23.3 Å². The topological polar surface area (TPSA) is 88.1 Å². The van der Waals surface area contributed by atoms with E-state index < -0.39 is 6.04 Å². The zero-order chi connectivity index (χ0) is 21.6. The lowest BCUT2D eigenvalue weighted by atomic mass is 10.0. The molecule has 9 heteroatoms. The van der Waals surface area contributed by atoms with Gasteiger partial charge in [0.1, 0.15) is 11.9 Å². The van der Waals surface area contributed by atoms with E-state index in [1.165, 1.54) is 12.1 Å². The number of hydrogen-bond acceptors (Lipinski definition) is 6. The molecule has 2 heterocycles. The van der Waals surface area contributed by atoms with Crippen molar-refractivity contribution < 1.29 is 14.0 Å². The molecule has 3 aromatic rings. The molecule has 0 saturated heterocycles. The summed E-state index contributed by atoms with van der Waals surface area (Å²) >= 11 is 1.10. The minimum atomic E-state index is -0.855. The third-order valence-electron chi connectivity index (χ3n) is 5.44. The molecule has 1 aromatic carbocycles. The molecule has 0 bridgehead atoms. The van der Waals surface area contributed by atoms with Crippen LogP contribution in [0.5, 0.6) is 0 Å². The van der Waals surface area contributed by atoms with E-state index in [0.717, 1.165) is 42.8 Å². The monoisotopic (exact) mass is 439 g/mol. The highest BCUT2D eigenvalue weighted by molar-refractivity contribution is 7.03. The first-order valence-electron chi connectivity index (χ1n) is 10.2. The smallest absolute Gasteiger partial charge is 0.276 e. The summed E-state index contributed by atoms with van der Waals surface area (Å²) in [5.74, 6) is -0.967. The van der Waals surface area contributed by atoms with Crippen molar-refractivity contribution in [2.45, 2.75) is 44.3 Å². The molecular formula is C22H22FN5O2S. The Kier molecular flexibility index (Phi) is 6.61. The van der Waals surface area contributed by atoms with Crippen LogP contribution in [0.25, 0.3) is 0 Å². The number of halogens is 1. The maximum atomic E-state index is 13.4. The van der Waals surface area contributed by atoms with Crippen LogP contribution in [0.4, 0.5) is 4.39 Å².